The van der Waals surface area contributed by atoms with Gasteiger partial charge in [-0.15, -0.1) is 0 Å². The molecule has 1 aromatic rings. The first-order valence-electron chi connectivity index (χ1n) is 4.71. The van der Waals surface area contributed by atoms with Crippen molar-refractivity contribution in [1.29, 1.82) is 0 Å². The first kappa shape index (κ1) is 10.5. The van der Waals surface area contributed by atoms with Gasteiger partial charge in [-0.1, -0.05) is 11.6 Å². The molecule has 2 rings (SSSR count). The third-order valence-corrected chi connectivity index (χ3v) is 2.39. The summed E-state index contributed by atoms with van der Waals surface area (Å²) in [5.74, 6) is 0.504. The Hall–Kier alpha value is -1.06. The summed E-state index contributed by atoms with van der Waals surface area (Å²) >= 11 is 5.83. The number of Topliss-reactive ketones (excluding diaryl/α,β-unsaturated/α-hetero) is 1. The van der Waals surface area contributed by atoms with Gasteiger partial charge < -0.3 is 9.47 Å². The highest BCUT2D eigenvalue weighted by molar-refractivity contribution is 6.30. The van der Waals surface area contributed by atoms with Crippen molar-refractivity contribution in [3.8, 4) is 5.75 Å². The molecule has 0 radical (unpaired) electrons. The van der Waals surface area contributed by atoms with Crippen molar-refractivity contribution < 1.29 is 14.3 Å². The number of carbonyl (C=O) groups excluding carboxylic acids is 1. The van der Waals surface area contributed by atoms with Crippen molar-refractivity contribution in [2.24, 2.45) is 0 Å². The SMILES string of the molecule is CC(=O)c1ccc(Cl)cc1OCC1CO1. The molecule has 1 aliphatic rings. The summed E-state index contributed by atoms with van der Waals surface area (Å²) in [7, 11) is 0. The molecule has 1 aliphatic heterocycles. The van der Waals surface area contributed by atoms with Gasteiger partial charge in [0.2, 0.25) is 0 Å². The van der Waals surface area contributed by atoms with Gasteiger partial charge in [0.25, 0.3) is 0 Å². The van der Waals surface area contributed by atoms with E-state index >= 15 is 0 Å². The number of hydrogen-bond donors (Lipinski definition) is 0. The highest BCUT2D eigenvalue weighted by Gasteiger charge is 2.23. The molecule has 0 spiro atoms. The van der Waals surface area contributed by atoms with Crippen molar-refractivity contribution in [3.63, 3.8) is 0 Å². The molecule has 1 unspecified atom stereocenters. The quantitative estimate of drug-likeness (QED) is 0.584. The zero-order chi connectivity index (χ0) is 10.8. The van der Waals surface area contributed by atoms with Crippen molar-refractivity contribution in [2.45, 2.75) is 13.0 Å². The van der Waals surface area contributed by atoms with Gasteiger partial charge in [-0.3, -0.25) is 4.79 Å². The largest absolute Gasteiger partial charge is 0.490 e. The lowest BCUT2D eigenvalue weighted by Gasteiger charge is -2.08. The molecule has 1 heterocycles. The van der Waals surface area contributed by atoms with Crippen LogP contribution in [0.5, 0.6) is 5.75 Å². The number of rotatable bonds is 4. The Bertz CT molecular complexity index is 385. The fraction of sp³-hybridized carbons (Fsp3) is 0.364. The maximum atomic E-state index is 11.3. The Morgan fingerprint density at radius 2 is 2.40 bits per heavy atom. The highest BCUT2D eigenvalue weighted by atomic mass is 35.5. The summed E-state index contributed by atoms with van der Waals surface area (Å²) in [6.45, 7) is 2.71. The molecule has 1 atom stereocenters. The second-order valence-corrected chi connectivity index (χ2v) is 3.90. The van der Waals surface area contributed by atoms with E-state index in [0.717, 1.165) is 6.61 Å². The number of ketones is 1. The van der Waals surface area contributed by atoms with Gasteiger partial charge >= 0.3 is 0 Å². The zero-order valence-corrected chi connectivity index (χ0v) is 9.08. The minimum absolute atomic E-state index is 0.0293. The van der Waals surface area contributed by atoms with Crippen LogP contribution in [0.1, 0.15) is 17.3 Å². The van der Waals surface area contributed by atoms with E-state index in [0.29, 0.717) is 22.9 Å². The molecular weight excluding hydrogens is 216 g/mol. The molecule has 0 N–H and O–H groups in total. The van der Waals surface area contributed by atoms with Crippen LogP contribution >= 0.6 is 11.6 Å². The smallest absolute Gasteiger partial charge is 0.163 e. The average molecular weight is 227 g/mol. The number of carbonyl (C=O) groups is 1. The van der Waals surface area contributed by atoms with Crippen LogP contribution in [0.25, 0.3) is 0 Å². The molecule has 15 heavy (non-hydrogen) atoms. The second-order valence-electron chi connectivity index (χ2n) is 3.46. The number of epoxide rings is 1. The molecule has 4 heteroatoms. The summed E-state index contributed by atoms with van der Waals surface area (Å²) in [6.07, 6.45) is 0.170. The molecule has 0 saturated carbocycles. The summed E-state index contributed by atoms with van der Waals surface area (Å²) in [6, 6.07) is 5.01. The molecule has 1 aromatic carbocycles. The third kappa shape index (κ3) is 2.70. The normalized spacial score (nSPS) is 18.7. The van der Waals surface area contributed by atoms with Gasteiger partial charge in [0, 0.05) is 5.02 Å². The number of ether oxygens (including phenoxy) is 2. The van der Waals surface area contributed by atoms with Crippen LogP contribution in [-0.4, -0.2) is 25.1 Å². The predicted octanol–water partition coefficient (Wildman–Crippen LogP) is 2.32. The van der Waals surface area contributed by atoms with E-state index < -0.39 is 0 Å². The molecule has 0 aromatic heterocycles. The lowest BCUT2D eigenvalue weighted by molar-refractivity contribution is 0.101. The number of hydrogen-bond acceptors (Lipinski definition) is 3. The van der Waals surface area contributed by atoms with Crippen LogP contribution in [0.2, 0.25) is 5.02 Å². The summed E-state index contributed by atoms with van der Waals surface area (Å²) in [4.78, 5) is 11.3. The van der Waals surface area contributed by atoms with Crippen LogP contribution < -0.4 is 4.74 Å². The summed E-state index contributed by atoms with van der Waals surface area (Å²) in [5.41, 5.74) is 0.556. The zero-order valence-electron chi connectivity index (χ0n) is 8.33. The van der Waals surface area contributed by atoms with E-state index in [2.05, 4.69) is 0 Å². The molecule has 0 amide bonds. The molecule has 1 fully saturated rings. The molecule has 0 bridgehead atoms. The van der Waals surface area contributed by atoms with Crippen molar-refractivity contribution in [1.82, 2.24) is 0 Å². The van der Waals surface area contributed by atoms with Gasteiger partial charge in [-0.2, -0.15) is 0 Å². The second kappa shape index (κ2) is 4.21. The molecule has 3 nitrogen and oxygen atoms in total. The summed E-state index contributed by atoms with van der Waals surface area (Å²) < 4.78 is 10.5. The number of halogens is 1. The molecule has 1 saturated heterocycles. The fourth-order valence-electron chi connectivity index (χ4n) is 1.25. The first-order valence-corrected chi connectivity index (χ1v) is 5.09. The molecule has 80 valence electrons. The monoisotopic (exact) mass is 226 g/mol. The van der Waals surface area contributed by atoms with Gasteiger partial charge in [0.1, 0.15) is 18.5 Å². The standard InChI is InChI=1S/C11H11ClO3/c1-7(13)10-3-2-8(12)4-11(10)15-6-9-5-14-9/h2-4,9H,5-6H2,1H3. The van der Waals surface area contributed by atoms with Gasteiger partial charge in [0.05, 0.1) is 12.2 Å². The first-order chi connectivity index (χ1) is 7.16. The van der Waals surface area contributed by atoms with Crippen LogP contribution in [0.4, 0.5) is 0 Å². The van der Waals surface area contributed by atoms with Crippen molar-refractivity contribution in [3.05, 3.63) is 28.8 Å². The average Bonchev–Trinajstić information content (AvgIpc) is 2.97. The Labute approximate surface area is 92.9 Å². The van der Waals surface area contributed by atoms with Gasteiger partial charge in [-0.25, -0.2) is 0 Å². The van der Waals surface area contributed by atoms with Crippen LogP contribution in [0.15, 0.2) is 18.2 Å². The lowest BCUT2D eigenvalue weighted by Crippen LogP contribution is -2.07. The maximum absolute atomic E-state index is 11.3. The Balaban J connectivity index is 2.16. The Morgan fingerprint density at radius 1 is 1.67 bits per heavy atom. The molecular formula is C11H11ClO3. The third-order valence-electron chi connectivity index (χ3n) is 2.15. The van der Waals surface area contributed by atoms with E-state index in [9.17, 15) is 4.79 Å². The number of benzene rings is 1. The fourth-order valence-corrected chi connectivity index (χ4v) is 1.42. The minimum atomic E-state index is -0.0293. The Kier molecular flexibility index (Phi) is 2.93. The van der Waals surface area contributed by atoms with Gasteiger partial charge in [0.15, 0.2) is 5.78 Å². The van der Waals surface area contributed by atoms with E-state index in [1.807, 2.05) is 0 Å². The van der Waals surface area contributed by atoms with Crippen LogP contribution in [0, 0.1) is 0 Å². The lowest BCUT2D eigenvalue weighted by atomic mass is 10.1. The van der Waals surface area contributed by atoms with Crippen molar-refractivity contribution in [2.75, 3.05) is 13.2 Å². The maximum Gasteiger partial charge on any atom is 0.163 e. The summed E-state index contributed by atoms with van der Waals surface area (Å²) in [5, 5.41) is 0.562. The van der Waals surface area contributed by atoms with Gasteiger partial charge in [-0.05, 0) is 25.1 Å². The van der Waals surface area contributed by atoms with Crippen LogP contribution in [0.3, 0.4) is 0 Å². The highest BCUT2D eigenvalue weighted by Crippen LogP contribution is 2.25. The van der Waals surface area contributed by atoms with E-state index in [-0.39, 0.29) is 11.9 Å². The molecule has 0 aliphatic carbocycles. The Morgan fingerprint density at radius 3 is 3.00 bits per heavy atom. The van der Waals surface area contributed by atoms with Crippen molar-refractivity contribution >= 4 is 17.4 Å². The minimum Gasteiger partial charge on any atom is -0.490 e. The van der Waals surface area contributed by atoms with E-state index in [4.69, 9.17) is 21.1 Å². The van der Waals surface area contributed by atoms with E-state index in [1.165, 1.54) is 6.92 Å². The topological polar surface area (TPSA) is 38.8 Å². The van der Waals surface area contributed by atoms with E-state index in [1.54, 1.807) is 18.2 Å². The predicted molar refractivity (Wildman–Crippen MR) is 56.7 cm³/mol. The van der Waals surface area contributed by atoms with Crippen LogP contribution in [-0.2, 0) is 4.74 Å².